The Labute approximate surface area is 145 Å². The molecule has 0 aliphatic rings. The van der Waals surface area contributed by atoms with Gasteiger partial charge >= 0.3 is 0 Å². The quantitative estimate of drug-likeness (QED) is 0.626. The van der Waals surface area contributed by atoms with Crippen LogP contribution in [0.25, 0.3) is 0 Å². The van der Waals surface area contributed by atoms with Crippen LogP contribution >= 0.6 is 11.6 Å². The Morgan fingerprint density at radius 3 is 2.17 bits per heavy atom. The predicted molar refractivity (Wildman–Crippen MR) is 100 cm³/mol. The van der Waals surface area contributed by atoms with E-state index in [9.17, 15) is 4.21 Å². The molecule has 0 N–H and O–H groups in total. The summed E-state index contributed by atoms with van der Waals surface area (Å²) in [5, 5.41) is 0. The van der Waals surface area contributed by atoms with E-state index in [-0.39, 0.29) is 5.92 Å². The lowest BCUT2D eigenvalue weighted by Gasteiger charge is -2.26. The van der Waals surface area contributed by atoms with Gasteiger partial charge in [-0.2, -0.15) is 4.36 Å². The van der Waals surface area contributed by atoms with Crippen molar-refractivity contribution in [3.05, 3.63) is 60.2 Å². The minimum absolute atomic E-state index is 0.0606. The second-order valence-electron chi connectivity index (χ2n) is 6.51. The Kier molecular flexibility index (Phi) is 5.53. The largest absolute Gasteiger partial charge is 0.244 e. The lowest BCUT2D eigenvalue weighted by molar-refractivity contribution is 0.495. The molecule has 0 bridgehead atoms. The molecule has 23 heavy (non-hydrogen) atoms. The summed E-state index contributed by atoms with van der Waals surface area (Å²) in [5.41, 5.74) is 1.87. The zero-order valence-electron chi connectivity index (χ0n) is 14.1. The first-order valence-electron chi connectivity index (χ1n) is 7.76. The Morgan fingerprint density at radius 1 is 1.09 bits per heavy atom. The van der Waals surface area contributed by atoms with Crippen molar-refractivity contribution in [1.29, 1.82) is 0 Å². The standard InChI is InChI=1S/C19H24ClNOS/c1-15-10-12-18(13-11-15)23(22,14-16(2)19(3,4)20)21-17-8-6-5-7-9-17/h5-13,16H,14H2,1-4H3. The maximum absolute atomic E-state index is 13.7. The normalized spacial score (nSPS) is 15.7. The number of nitrogens with zero attached hydrogens (tertiary/aromatic N) is 1. The van der Waals surface area contributed by atoms with Crippen LogP contribution in [0.3, 0.4) is 0 Å². The monoisotopic (exact) mass is 349 g/mol. The fourth-order valence-electron chi connectivity index (χ4n) is 2.13. The molecule has 124 valence electrons. The van der Waals surface area contributed by atoms with Crippen molar-refractivity contribution in [2.24, 2.45) is 10.3 Å². The molecular formula is C19H24ClNOS. The molecule has 2 aromatic rings. The molecule has 0 aliphatic heterocycles. The Hall–Kier alpha value is -1.32. The van der Waals surface area contributed by atoms with E-state index in [4.69, 9.17) is 11.6 Å². The Morgan fingerprint density at radius 2 is 1.65 bits per heavy atom. The van der Waals surface area contributed by atoms with Gasteiger partial charge < -0.3 is 0 Å². The van der Waals surface area contributed by atoms with E-state index in [0.29, 0.717) is 5.75 Å². The van der Waals surface area contributed by atoms with E-state index >= 15 is 0 Å². The fraction of sp³-hybridized carbons (Fsp3) is 0.368. The van der Waals surface area contributed by atoms with Gasteiger partial charge in [0.25, 0.3) is 0 Å². The number of alkyl halides is 1. The zero-order valence-corrected chi connectivity index (χ0v) is 15.7. The van der Waals surface area contributed by atoms with Crippen LogP contribution in [0.1, 0.15) is 26.3 Å². The van der Waals surface area contributed by atoms with Gasteiger partial charge in [-0.15, -0.1) is 11.6 Å². The molecule has 0 aromatic heterocycles. The van der Waals surface area contributed by atoms with Gasteiger partial charge in [0.15, 0.2) is 0 Å². The second-order valence-corrected chi connectivity index (χ2v) is 9.75. The summed E-state index contributed by atoms with van der Waals surface area (Å²) in [6.07, 6.45) is 0. The molecule has 0 radical (unpaired) electrons. The summed E-state index contributed by atoms with van der Waals surface area (Å²) in [4.78, 5) is 0.333. The van der Waals surface area contributed by atoms with E-state index in [1.807, 2.05) is 82.3 Å². The third-order valence-electron chi connectivity index (χ3n) is 4.05. The highest BCUT2D eigenvalue weighted by atomic mass is 35.5. The lowest BCUT2D eigenvalue weighted by Crippen LogP contribution is -2.28. The summed E-state index contributed by atoms with van der Waals surface area (Å²) in [7, 11) is -2.58. The van der Waals surface area contributed by atoms with Crippen molar-refractivity contribution < 1.29 is 4.21 Å². The Balaban J connectivity index is 2.53. The van der Waals surface area contributed by atoms with Crippen LogP contribution in [0.2, 0.25) is 0 Å². The topological polar surface area (TPSA) is 29.4 Å². The van der Waals surface area contributed by atoms with Crippen LogP contribution in [0.4, 0.5) is 5.69 Å². The molecule has 0 aliphatic carbocycles. The summed E-state index contributed by atoms with van der Waals surface area (Å²) < 4.78 is 18.3. The van der Waals surface area contributed by atoms with Gasteiger partial charge in [0.1, 0.15) is 0 Å². The highest BCUT2D eigenvalue weighted by Gasteiger charge is 2.28. The van der Waals surface area contributed by atoms with Gasteiger partial charge in [0, 0.05) is 15.5 Å². The summed E-state index contributed by atoms with van der Waals surface area (Å²) in [6, 6.07) is 17.3. The molecule has 2 unspecified atom stereocenters. The van der Waals surface area contributed by atoms with Gasteiger partial charge in [0.05, 0.1) is 15.4 Å². The molecule has 2 rings (SSSR count). The number of hydrogen-bond donors (Lipinski definition) is 0. The number of rotatable bonds is 5. The molecular weight excluding hydrogens is 326 g/mol. The van der Waals surface area contributed by atoms with E-state index in [1.165, 1.54) is 0 Å². The predicted octanol–water partition coefficient (Wildman–Crippen LogP) is 5.81. The minimum Gasteiger partial charge on any atom is -0.244 e. The summed E-state index contributed by atoms with van der Waals surface area (Å²) in [6.45, 7) is 7.96. The molecule has 2 nitrogen and oxygen atoms in total. The maximum atomic E-state index is 13.7. The van der Waals surface area contributed by atoms with Gasteiger partial charge in [-0.25, -0.2) is 4.21 Å². The average molecular weight is 350 g/mol. The van der Waals surface area contributed by atoms with Crippen LogP contribution in [-0.4, -0.2) is 14.8 Å². The fourth-order valence-corrected chi connectivity index (χ4v) is 4.79. The number of benzene rings is 2. The van der Waals surface area contributed by atoms with Crippen molar-refractivity contribution in [2.45, 2.75) is 37.5 Å². The van der Waals surface area contributed by atoms with Crippen LogP contribution in [0, 0.1) is 12.8 Å². The average Bonchev–Trinajstić information content (AvgIpc) is 2.47. The molecule has 0 saturated heterocycles. The van der Waals surface area contributed by atoms with Gasteiger partial charge in [-0.3, -0.25) is 0 Å². The number of halogens is 1. The summed E-state index contributed by atoms with van der Waals surface area (Å²) in [5.74, 6) is 0.493. The number of aryl methyl sites for hydroxylation is 1. The van der Waals surface area contributed by atoms with E-state index in [2.05, 4.69) is 4.36 Å². The van der Waals surface area contributed by atoms with Gasteiger partial charge in [0.2, 0.25) is 0 Å². The highest BCUT2D eigenvalue weighted by Crippen LogP contribution is 2.30. The summed E-state index contributed by atoms with van der Waals surface area (Å²) >= 11 is 6.44. The molecule has 0 saturated carbocycles. The molecule has 2 atom stereocenters. The Bertz CT molecular complexity index is 754. The van der Waals surface area contributed by atoms with Crippen molar-refractivity contribution in [1.82, 2.24) is 0 Å². The molecule has 0 spiro atoms. The minimum atomic E-state index is -2.58. The second kappa shape index (κ2) is 7.06. The molecule has 0 heterocycles. The maximum Gasteiger partial charge on any atom is 0.0803 e. The molecule has 0 amide bonds. The molecule has 0 fully saturated rings. The van der Waals surface area contributed by atoms with E-state index in [1.54, 1.807) is 0 Å². The highest BCUT2D eigenvalue weighted by molar-refractivity contribution is 7.93. The van der Waals surface area contributed by atoms with Gasteiger partial charge in [-0.05, 0) is 51.0 Å². The first kappa shape index (κ1) is 18.0. The van der Waals surface area contributed by atoms with Gasteiger partial charge in [-0.1, -0.05) is 42.8 Å². The first-order chi connectivity index (χ1) is 10.7. The SMILES string of the molecule is Cc1ccc(S(=O)(CC(C)C(C)(C)Cl)=Nc2ccccc2)cc1. The third kappa shape index (κ3) is 4.82. The van der Waals surface area contributed by atoms with Crippen molar-refractivity contribution in [2.75, 3.05) is 5.75 Å². The number of hydrogen-bond acceptors (Lipinski definition) is 2. The van der Waals surface area contributed by atoms with Crippen molar-refractivity contribution >= 4 is 27.0 Å². The smallest absolute Gasteiger partial charge is 0.0803 e. The van der Waals surface area contributed by atoms with E-state index in [0.717, 1.165) is 16.1 Å². The molecule has 4 heteroatoms. The lowest BCUT2D eigenvalue weighted by atomic mass is 9.99. The van der Waals surface area contributed by atoms with E-state index < -0.39 is 14.6 Å². The third-order valence-corrected chi connectivity index (χ3v) is 6.88. The molecule has 2 aromatic carbocycles. The van der Waals surface area contributed by atoms with Crippen molar-refractivity contribution in [3.63, 3.8) is 0 Å². The van der Waals surface area contributed by atoms with Crippen LogP contribution < -0.4 is 0 Å². The van der Waals surface area contributed by atoms with Crippen molar-refractivity contribution in [3.8, 4) is 0 Å². The first-order valence-corrected chi connectivity index (χ1v) is 9.82. The van der Waals surface area contributed by atoms with Crippen LogP contribution in [0.5, 0.6) is 0 Å². The van der Waals surface area contributed by atoms with Crippen LogP contribution in [0.15, 0.2) is 63.9 Å². The zero-order chi connectivity index (χ0) is 17.1. The van der Waals surface area contributed by atoms with Crippen LogP contribution in [-0.2, 0) is 9.73 Å².